The summed E-state index contributed by atoms with van der Waals surface area (Å²) >= 11 is 0. The van der Waals surface area contributed by atoms with Gasteiger partial charge in [0.05, 0.1) is 5.56 Å². The zero-order chi connectivity index (χ0) is 14.7. The number of aromatic nitrogens is 1. The molecular weight excluding hydrogens is 260 g/mol. The first-order chi connectivity index (χ1) is 10.3. The molecule has 0 unspecified atom stereocenters. The van der Waals surface area contributed by atoms with Crippen molar-refractivity contribution in [3.63, 3.8) is 0 Å². The predicted molar refractivity (Wildman–Crippen MR) is 84.6 cm³/mol. The molecule has 0 aliphatic carbocycles. The molecule has 2 heterocycles. The number of para-hydroxylation sites is 1. The Labute approximate surface area is 125 Å². The molecule has 1 aliphatic rings. The van der Waals surface area contributed by atoms with E-state index in [9.17, 15) is 5.26 Å². The SMILES string of the molecule is Cc1ccccc1N1CCN(c2ncccc2C#N)CC1. The van der Waals surface area contributed by atoms with Crippen LogP contribution in [0.3, 0.4) is 0 Å². The summed E-state index contributed by atoms with van der Waals surface area (Å²) in [7, 11) is 0. The summed E-state index contributed by atoms with van der Waals surface area (Å²) in [5, 5.41) is 9.19. The minimum Gasteiger partial charge on any atom is -0.368 e. The second-order valence-electron chi connectivity index (χ2n) is 5.25. The summed E-state index contributed by atoms with van der Waals surface area (Å²) in [6.45, 7) is 5.83. The van der Waals surface area contributed by atoms with Crippen molar-refractivity contribution in [2.24, 2.45) is 0 Å². The Bertz CT molecular complexity index is 666. The molecule has 1 aromatic carbocycles. The standard InChI is InChI=1S/C17H18N4/c1-14-5-2-3-7-16(14)20-9-11-21(12-10-20)17-15(13-18)6-4-8-19-17/h2-8H,9-12H2,1H3. The number of anilines is 2. The topological polar surface area (TPSA) is 43.2 Å². The molecule has 0 radical (unpaired) electrons. The van der Waals surface area contributed by atoms with Crippen molar-refractivity contribution in [2.75, 3.05) is 36.0 Å². The average Bonchev–Trinajstić information content (AvgIpc) is 2.55. The highest BCUT2D eigenvalue weighted by atomic mass is 15.3. The monoisotopic (exact) mass is 278 g/mol. The van der Waals surface area contributed by atoms with Crippen molar-refractivity contribution >= 4 is 11.5 Å². The average molecular weight is 278 g/mol. The highest BCUT2D eigenvalue weighted by Crippen LogP contribution is 2.23. The molecule has 1 aromatic heterocycles. The minimum absolute atomic E-state index is 0.654. The third-order valence-electron chi connectivity index (χ3n) is 3.94. The van der Waals surface area contributed by atoms with Gasteiger partial charge in [-0.2, -0.15) is 5.26 Å². The van der Waals surface area contributed by atoms with Crippen LogP contribution < -0.4 is 9.80 Å². The van der Waals surface area contributed by atoms with Gasteiger partial charge in [0.15, 0.2) is 0 Å². The van der Waals surface area contributed by atoms with Crippen LogP contribution in [0.25, 0.3) is 0 Å². The lowest BCUT2D eigenvalue weighted by Crippen LogP contribution is -2.47. The largest absolute Gasteiger partial charge is 0.368 e. The van der Waals surface area contributed by atoms with Crippen LogP contribution in [0.15, 0.2) is 42.6 Å². The van der Waals surface area contributed by atoms with Gasteiger partial charge in [0.25, 0.3) is 0 Å². The van der Waals surface area contributed by atoms with E-state index in [2.05, 4.69) is 52.0 Å². The fraction of sp³-hybridized carbons (Fsp3) is 0.294. The van der Waals surface area contributed by atoms with Crippen molar-refractivity contribution in [3.8, 4) is 6.07 Å². The Kier molecular flexibility index (Phi) is 3.74. The van der Waals surface area contributed by atoms with Crippen molar-refractivity contribution < 1.29 is 0 Å². The predicted octanol–water partition coefficient (Wildman–Crippen LogP) is 2.59. The summed E-state index contributed by atoms with van der Waals surface area (Å²) in [5.41, 5.74) is 3.27. The number of pyridine rings is 1. The number of piperazine rings is 1. The molecule has 2 aromatic rings. The minimum atomic E-state index is 0.654. The quantitative estimate of drug-likeness (QED) is 0.847. The number of nitriles is 1. The second kappa shape index (κ2) is 5.84. The molecule has 3 rings (SSSR count). The summed E-state index contributed by atoms with van der Waals surface area (Å²) in [4.78, 5) is 8.98. The van der Waals surface area contributed by atoms with E-state index in [-0.39, 0.29) is 0 Å². The molecular formula is C17H18N4. The first-order valence-corrected chi connectivity index (χ1v) is 7.20. The van der Waals surface area contributed by atoms with Crippen LogP contribution in [0.2, 0.25) is 0 Å². The molecule has 0 N–H and O–H groups in total. The Morgan fingerprint density at radius 3 is 2.43 bits per heavy atom. The zero-order valence-electron chi connectivity index (χ0n) is 12.2. The van der Waals surface area contributed by atoms with E-state index in [1.54, 1.807) is 6.20 Å². The molecule has 4 nitrogen and oxygen atoms in total. The molecule has 1 aliphatic heterocycles. The van der Waals surface area contributed by atoms with E-state index in [0.29, 0.717) is 5.56 Å². The molecule has 21 heavy (non-hydrogen) atoms. The van der Waals surface area contributed by atoms with E-state index in [1.807, 2.05) is 12.1 Å². The Balaban J connectivity index is 1.74. The molecule has 1 fully saturated rings. The van der Waals surface area contributed by atoms with Gasteiger partial charge in [0.2, 0.25) is 0 Å². The first kappa shape index (κ1) is 13.4. The number of hydrogen-bond acceptors (Lipinski definition) is 4. The molecule has 106 valence electrons. The number of aryl methyl sites for hydroxylation is 1. The molecule has 0 saturated carbocycles. The van der Waals surface area contributed by atoms with Crippen LogP contribution in [0.4, 0.5) is 11.5 Å². The third-order valence-corrected chi connectivity index (χ3v) is 3.94. The highest BCUT2D eigenvalue weighted by Gasteiger charge is 2.20. The van der Waals surface area contributed by atoms with Crippen LogP contribution in [0.1, 0.15) is 11.1 Å². The maximum absolute atomic E-state index is 9.19. The number of hydrogen-bond donors (Lipinski definition) is 0. The smallest absolute Gasteiger partial charge is 0.146 e. The Hall–Kier alpha value is -2.54. The number of rotatable bonds is 2. The van der Waals surface area contributed by atoms with Crippen LogP contribution in [-0.4, -0.2) is 31.2 Å². The summed E-state index contributed by atoms with van der Waals surface area (Å²) in [5.74, 6) is 0.810. The summed E-state index contributed by atoms with van der Waals surface area (Å²) in [6.07, 6.45) is 1.75. The van der Waals surface area contributed by atoms with Gasteiger partial charge in [-0.3, -0.25) is 0 Å². The van der Waals surface area contributed by atoms with Gasteiger partial charge in [-0.15, -0.1) is 0 Å². The lowest BCUT2D eigenvalue weighted by molar-refractivity contribution is 0.646. The van der Waals surface area contributed by atoms with Gasteiger partial charge in [-0.05, 0) is 30.7 Å². The van der Waals surface area contributed by atoms with Gasteiger partial charge in [-0.25, -0.2) is 4.98 Å². The van der Waals surface area contributed by atoms with Crippen LogP contribution in [-0.2, 0) is 0 Å². The summed E-state index contributed by atoms with van der Waals surface area (Å²) in [6, 6.07) is 14.3. The van der Waals surface area contributed by atoms with E-state index in [4.69, 9.17) is 0 Å². The highest BCUT2D eigenvalue weighted by molar-refractivity contribution is 5.57. The zero-order valence-corrected chi connectivity index (χ0v) is 12.2. The van der Waals surface area contributed by atoms with Gasteiger partial charge < -0.3 is 9.80 Å². The molecule has 0 bridgehead atoms. The molecule has 1 saturated heterocycles. The van der Waals surface area contributed by atoms with E-state index >= 15 is 0 Å². The lowest BCUT2D eigenvalue weighted by atomic mass is 10.1. The number of benzene rings is 1. The van der Waals surface area contributed by atoms with Crippen molar-refractivity contribution in [1.82, 2.24) is 4.98 Å². The lowest BCUT2D eigenvalue weighted by Gasteiger charge is -2.37. The van der Waals surface area contributed by atoms with Crippen LogP contribution >= 0.6 is 0 Å². The van der Waals surface area contributed by atoms with Crippen molar-refractivity contribution in [1.29, 1.82) is 5.26 Å². The second-order valence-corrected chi connectivity index (χ2v) is 5.25. The fourth-order valence-corrected chi connectivity index (χ4v) is 2.81. The third kappa shape index (κ3) is 2.68. The van der Waals surface area contributed by atoms with Gasteiger partial charge in [0.1, 0.15) is 11.9 Å². The van der Waals surface area contributed by atoms with Crippen molar-refractivity contribution in [3.05, 3.63) is 53.7 Å². The molecule has 0 spiro atoms. The molecule has 0 amide bonds. The van der Waals surface area contributed by atoms with Crippen LogP contribution in [0, 0.1) is 18.3 Å². The molecule has 4 heteroatoms. The number of nitrogens with zero attached hydrogens (tertiary/aromatic N) is 4. The first-order valence-electron chi connectivity index (χ1n) is 7.20. The Morgan fingerprint density at radius 2 is 1.71 bits per heavy atom. The van der Waals surface area contributed by atoms with Gasteiger partial charge in [0, 0.05) is 38.1 Å². The van der Waals surface area contributed by atoms with Crippen LogP contribution in [0.5, 0.6) is 0 Å². The fourth-order valence-electron chi connectivity index (χ4n) is 2.81. The maximum Gasteiger partial charge on any atom is 0.146 e. The van der Waals surface area contributed by atoms with E-state index < -0.39 is 0 Å². The maximum atomic E-state index is 9.19. The van der Waals surface area contributed by atoms with Gasteiger partial charge in [-0.1, -0.05) is 18.2 Å². The normalized spacial score (nSPS) is 14.9. The summed E-state index contributed by atoms with van der Waals surface area (Å²) < 4.78 is 0. The van der Waals surface area contributed by atoms with E-state index in [0.717, 1.165) is 32.0 Å². The Morgan fingerprint density at radius 1 is 1.00 bits per heavy atom. The van der Waals surface area contributed by atoms with Gasteiger partial charge >= 0.3 is 0 Å². The van der Waals surface area contributed by atoms with Crippen molar-refractivity contribution in [2.45, 2.75) is 6.92 Å². The molecule has 0 atom stereocenters. The van der Waals surface area contributed by atoms with E-state index in [1.165, 1.54) is 11.3 Å².